The molecule has 0 spiro atoms. The van der Waals surface area contributed by atoms with Crippen LogP contribution in [0.4, 0.5) is 5.69 Å². The Bertz CT molecular complexity index is 902. The third-order valence-corrected chi connectivity index (χ3v) is 6.59. The summed E-state index contributed by atoms with van der Waals surface area (Å²) in [5.41, 5.74) is 1.98. The largest absolute Gasteiger partial charge is 0.350 e. The number of fused-ring (bicyclic) bond motifs is 1. The molecule has 2 amide bonds. The Balaban J connectivity index is 1.71. The zero-order chi connectivity index (χ0) is 19.9. The molecule has 0 radical (unpaired) electrons. The molecule has 1 aliphatic heterocycles. The second-order valence-electron chi connectivity index (χ2n) is 8.66. The molecule has 2 aliphatic rings. The predicted molar refractivity (Wildman–Crippen MR) is 111 cm³/mol. The topological polar surface area (TPSA) is 49.4 Å². The van der Waals surface area contributed by atoms with Gasteiger partial charge in [0.05, 0.1) is 5.41 Å². The van der Waals surface area contributed by atoms with E-state index in [1.165, 1.54) is 0 Å². The summed E-state index contributed by atoms with van der Waals surface area (Å²) in [5.74, 6) is 0.374. The van der Waals surface area contributed by atoms with E-state index in [9.17, 15) is 9.59 Å². The fourth-order valence-corrected chi connectivity index (χ4v) is 4.64. The van der Waals surface area contributed by atoms with E-state index in [-0.39, 0.29) is 23.8 Å². The van der Waals surface area contributed by atoms with Gasteiger partial charge in [0.1, 0.15) is 0 Å². The van der Waals surface area contributed by atoms with E-state index in [0.717, 1.165) is 29.7 Å². The van der Waals surface area contributed by atoms with E-state index in [1.54, 1.807) is 4.90 Å². The second kappa shape index (κ2) is 6.77. The standard InChI is InChI=1S/C24H28N2O2/c1-17(2)24(13-14-24)25-21(27)16-23(15-18-9-5-4-6-10-18)19-11-7-8-12-20(19)26(3)22(23)28/h4-12,17H,13-16H2,1-3H3,(H,25,27)/t23-/m1/s1. The molecule has 2 aromatic carbocycles. The van der Waals surface area contributed by atoms with E-state index in [4.69, 9.17) is 0 Å². The van der Waals surface area contributed by atoms with Gasteiger partial charge in [-0.15, -0.1) is 0 Å². The Morgan fingerprint density at radius 3 is 2.36 bits per heavy atom. The number of carbonyl (C=O) groups is 2. The van der Waals surface area contributed by atoms with E-state index in [1.807, 2.05) is 61.6 Å². The second-order valence-corrected chi connectivity index (χ2v) is 8.66. The molecule has 1 saturated carbocycles. The molecule has 1 heterocycles. The maximum absolute atomic E-state index is 13.5. The van der Waals surface area contributed by atoms with E-state index in [0.29, 0.717) is 12.3 Å². The van der Waals surface area contributed by atoms with Crippen molar-refractivity contribution in [2.45, 2.75) is 50.5 Å². The number of carbonyl (C=O) groups excluding carboxylic acids is 2. The average molecular weight is 377 g/mol. The Morgan fingerprint density at radius 2 is 1.71 bits per heavy atom. The first kappa shape index (κ1) is 18.7. The van der Waals surface area contributed by atoms with Crippen LogP contribution in [0.5, 0.6) is 0 Å². The highest BCUT2D eigenvalue weighted by atomic mass is 16.2. The first-order chi connectivity index (χ1) is 13.4. The smallest absolute Gasteiger partial charge is 0.238 e. The summed E-state index contributed by atoms with van der Waals surface area (Å²) < 4.78 is 0. The van der Waals surface area contributed by atoms with Gasteiger partial charge in [0.25, 0.3) is 0 Å². The van der Waals surface area contributed by atoms with Crippen molar-refractivity contribution in [2.24, 2.45) is 5.92 Å². The monoisotopic (exact) mass is 376 g/mol. The molecule has 4 rings (SSSR count). The summed E-state index contributed by atoms with van der Waals surface area (Å²) >= 11 is 0. The van der Waals surface area contributed by atoms with Crippen LogP contribution in [0.1, 0.15) is 44.2 Å². The van der Waals surface area contributed by atoms with Gasteiger partial charge in [-0.1, -0.05) is 62.4 Å². The lowest BCUT2D eigenvalue weighted by Gasteiger charge is -2.30. The summed E-state index contributed by atoms with van der Waals surface area (Å²) in [4.78, 5) is 28.3. The van der Waals surface area contributed by atoms with Crippen molar-refractivity contribution in [3.8, 4) is 0 Å². The summed E-state index contributed by atoms with van der Waals surface area (Å²) in [7, 11) is 1.81. The van der Waals surface area contributed by atoms with Crippen molar-refractivity contribution >= 4 is 17.5 Å². The van der Waals surface area contributed by atoms with Crippen LogP contribution in [0.3, 0.4) is 0 Å². The van der Waals surface area contributed by atoms with Crippen molar-refractivity contribution in [3.05, 3.63) is 65.7 Å². The Kier molecular flexibility index (Phi) is 4.53. The van der Waals surface area contributed by atoms with Crippen LogP contribution in [0.25, 0.3) is 0 Å². The van der Waals surface area contributed by atoms with Gasteiger partial charge < -0.3 is 10.2 Å². The number of amides is 2. The lowest BCUT2D eigenvalue weighted by atomic mass is 9.73. The number of hydrogen-bond donors (Lipinski definition) is 1. The van der Waals surface area contributed by atoms with Crippen LogP contribution in [0.15, 0.2) is 54.6 Å². The molecule has 1 fully saturated rings. The molecule has 4 heteroatoms. The van der Waals surface area contributed by atoms with Crippen LogP contribution in [-0.2, 0) is 21.4 Å². The van der Waals surface area contributed by atoms with E-state index in [2.05, 4.69) is 19.2 Å². The first-order valence-corrected chi connectivity index (χ1v) is 10.1. The molecule has 1 atom stereocenters. The van der Waals surface area contributed by atoms with Crippen LogP contribution < -0.4 is 10.2 Å². The molecule has 0 bridgehead atoms. The molecule has 0 unspecified atom stereocenters. The number of likely N-dealkylation sites (N-methyl/N-ethyl adjacent to an activating group) is 1. The molecule has 0 aromatic heterocycles. The molecule has 2 aromatic rings. The van der Waals surface area contributed by atoms with E-state index < -0.39 is 5.41 Å². The Morgan fingerprint density at radius 1 is 1.07 bits per heavy atom. The van der Waals surface area contributed by atoms with Crippen molar-refractivity contribution in [2.75, 3.05) is 11.9 Å². The number of nitrogens with zero attached hydrogens (tertiary/aromatic N) is 1. The molecule has 28 heavy (non-hydrogen) atoms. The molecule has 146 valence electrons. The van der Waals surface area contributed by atoms with Gasteiger partial charge in [-0.3, -0.25) is 9.59 Å². The van der Waals surface area contributed by atoms with Gasteiger partial charge in [-0.05, 0) is 42.4 Å². The third-order valence-electron chi connectivity index (χ3n) is 6.59. The lowest BCUT2D eigenvalue weighted by molar-refractivity contribution is -0.130. The predicted octanol–water partition coefficient (Wildman–Crippen LogP) is 3.84. The highest BCUT2D eigenvalue weighted by Gasteiger charge is 2.53. The lowest BCUT2D eigenvalue weighted by Crippen LogP contribution is -2.48. The Hall–Kier alpha value is -2.62. The summed E-state index contributed by atoms with van der Waals surface area (Å²) in [6, 6.07) is 17.9. The van der Waals surface area contributed by atoms with Gasteiger partial charge in [0.2, 0.25) is 11.8 Å². The quantitative estimate of drug-likeness (QED) is 0.833. The molecular weight excluding hydrogens is 348 g/mol. The number of hydrogen-bond acceptors (Lipinski definition) is 2. The normalized spacial score (nSPS) is 22.3. The molecule has 0 saturated heterocycles. The van der Waals surface area contributed by atoms with Gasteiger partial charge in [0, 0.05) is 24.7 Å². The average Bonchev–Trinajstić information content (AvgIpc) is 3.44. The van der Waals surface area contributed by atoms with Crippen molar-refractivity contribution in [1.82, 2.24) is 5.32 Å². The zero-order valence-corrected chi connectivity index (χ0v) is 16.9. The third kappa shape index (κ3) is 3.01. The number of para-hydroxylation sites is 1. The van der Waals surface area contributed by atoms with Gasteiger partial charge >= 0.3 is 0 Å². The summed E-state index contributed by atoms with van der Waals surface area (Å²) in [6.07, 6.45) is 2.74. The summed E-state index contributed by atoms with van der Waals surface area (Å²) in [5, 5.41) is 3.26. The maximum Gasteiger partial charge on any atom is 0.238 e. The van der Waals surface area contributed by atoms with E-state index >= 15 is 0 Å². The Labute approximate surface area is 166 Å². The maximum atomic E-state index is 13.5. The fraction of sp³-hybridized carbons (Fsp3) is 0.417. The fourth-order valence-electron chi connectivity index (χ4n) is 4.64. The van der Waals surface area contributed by atoms with Crippen LogP contribution in [0, 0.1) is 5.92 Å². The minimum absolute atomic E-state index is 0.00194. The number of anilines is 1. The highest BCUT2D eigenvalue weighted by molar-refractivity contribution is 6.10. The molecular formula is C24H28N2O2. The SMILES string of the molecule is CC(C)C1(NC(=O)C[C@@]2(Cc3ccccc3)C(=O)N(C)c3ccccc32)CC1. The summed E-state index contributed by atoms with van der Waals surface area (Å²) in [6.45, 7) is 4.30. The van der Waals surface area contributed by atoms with Crippen molar-refractivity contribution in [1.29, 1.82) is 0 Å². The number of benzene rings is 2. The van der Waals surface area contributed by atoms with Gasteiger partial charge in [-0.2, -0.15) is 0 Å². The molecule has 1 N–H and O–H groups in total. The van der Waals surface area contributed by atoms with Crippen LogP contribution >= 0.6 is 0 Å². The van der Waals surface area contributed by atoms with Crippen LogP contribution in [-0.4, -0.2) is 24.4 Å². The van der Waals surface area contributed by atoms with Gasteiger partial charge in [0.15, 0.2) is 0 Å². The first-order valence-electron chi connectivity index (χ1n) is 10.1. The number of rotatable bonds is 6. The molecule has 4 nitrogen and oxygen atoms in total. The minimum atomic E-state index is -0.857. The van der Waals surface area contributed by atoms with Crippen molar-refractivity contribution < 1.29 is 9.59 Å². The zero-order valence-electron chi connectivity index (χ0n) is 16.9. The van der Waals surface area contributed by atoms with Gasteiger partial charge in [-0.25, -0.2) is 0 Å². The highest BCUT2D eigenvalue weighted by Crippen LogP contribution is 2.47. The van der Waals surface area contributed by atoms with Crippen LogP contribution in [0.2, 0.25) is 0 Å². The number of nitrogens with one attached hydrogen (secondary N) is 1. The molecule has 1 aliphatic carbocycles. The van der Waals surface area contributed by atoms with Crippen molar-refractivity contribution in [3.63, 3.8) is 0 Å². The minimum Gasteiger partial charge on any atom is -0.350 e.